The number of halogens is 2. The Hall–Kier alpha value is -2.88. The molecule has 8 nitrogen and oxygen atoms in total. The molecule has 0 aliphatic heterocycles. The number of benzene rings is 2. The largest absolute Gasteiger partial charge is 0.484 e. The number of carbonyl (C=O) groups excluding carboxylic acids is 2. The van der Waals surface area contributed by atoms with Crippen molar-refractivity contribution in [2.75, 3.05) is 33.4 Å². The van der Waals surface area contributed by atoms with Crippen LogP contribution in [0.4, 0.5) is 4.39 Å². The minimum Gasteiger partial charge on any atom is -0.484 e. The van der Waals surface area contributed by atoms with E-state index in [9.17, 15) is 19.1 Å². The lowest BCUT2D eigenvalue weighted by Crippen LogP contribution is -2.37. The van der Waals surface area contributed by atoms with E-state index in [1.807, 2.05) is 12.1 Å². The van der Waals surface area contributed by atoms with E-state index in [4.69, 9.17) is 25.8 Å². The molecule has 0 aliphatic rings. The predicted molar refractivity (Wildman–Crippen MR) is 116 cm³/mol. The lowest BCUT2D eigenvalue weighted by molar-refractivity contribution is -0.124. The van der Waals surface area contributed by atoms with Crippen molar-refractivity contribution in [3.05, 3.63) is 58.9 Å². The first-order valence-corrected chi connectivity index (χ1v) is 10.2. The van der Waals surface area contributed by atoms with Gasteiger partial charge in [0, 0.05) is 26.3 Å². The summed E-state index contributed by atoms with van der Waals surface area (Å²) in [4.78, 5) is 23.7. The van der Waals surface area contributed by atoms with Gasteiger partial charge < -0.3 is 30.0 Å². The Kier molecular flexibility index (Phi) is 10.7. The maximum absolute atomic E-state index is 13.3. The summed E-state index contributed by atoms with van der Waals surface area (Å²) in [5, 5.41) is 15.0. The highest BCUT2D eigenvalue weighted by Gasteiger charge is 2.10. The lowest BCUT2D eigenvalue weighted by Gasteiger charge is -2.13. The summed E-state index contributed by atoms with van der Waals surface area (Å²) in [5.41, 5.74) is 0.932. The molecule has 3 N–H and O–H groups in total. The molecule has 2 aromatic carbocycles. The monoisotopic (exact) mass is 468 g/mol. The number of nitrogens with one attached hydrogen (secondary N) is 2. The molecule has 1 atom stereocenters. The van der Waals surface area contributed by atoms with Crippen molar-refractivity contribution in [3.63, 3.8) is 0 Å². The number of hydrogen-bond acceptors (Lipinski definition) is 6. The number of methoxy groups -OCH3 is 1. The van der Waals surface area contributed by atoms with E-state index in [1.165, 1.54) is 12.1 Å². The predicted octanol–water partition coefficient (Wildman–Crippen LogP) is 2.07. The average Bonchev–Trinajstić information content (AvgIpc) is 2.77. The van der Waals surface area contributed by atoms with E-state index >= 15 is 0 Å². The van der Waals surface area contributed by atoms with Crippen LogP contribution in [0.25, 0.3) is 0 Å². The second kappa shape index (κ2) is 13.5. The Morgan fingerprint density at radius 2 is 1.75 bits per heavy atom. The summed E-state index contributed by atoms with van der Waals surface area (Å²) >= 11 is 5.58. The van der Waals surface area contributed by atoms with Gasteiger partial charge in [-0.15, -0.1) is 0 Å². The van der Waals surface area contributed by atoms with Gasteiger partial charge in [-0.1, -0.05) is 23.7 Å². The standard InChI is InChI=1S/C22H26ClFN2O6/c1-30-12-15-3-2-4-17(9-15)31-13-21(28)25-8-7-16(27)11-26-22(29)14-32-18-5-6-19(23)20(24)10-18/h2-6,9-10,16,27H,7-8,11-14H2,1H3,(H,25,28)(H,26,29)/t16-/m0/s1. The molecule has 0 spiro atoms. The van der Waals surface area contributed by atoms with Crippen molar-refractivity contribution in [1.29, 1.82) is 0 Å². The third-order valence-electron chi connectivity index (χ3n) is 4.17. The molecule has 0 bridgehead atoms. The Bertz CT molecular complexity index is 898. The first kappa shape index (κ1) is 25.4. The van der Waals surface area contributed by atoms with Gasteiger partial charge in [-0.25, -0.2) is 4.39 Å². The van der Waals surface area contributed by atoms with Crippen molar-refractivity contribution in [3.8, 4) is 11.5 Å². The smallest absolute Gasteiger partial charge is 0.258 e. The minimum absolute atomic E-state index is 0.0180. The van der Waals surface area contributed by atoms with Crippen LogP contribution in [0.5, 0.6) is 11.5 Å². The fraction of sp³-hybridized carbons (Fsp3) is 0.364. The Morgan fingerprint density at radius 1 is 1.06 bits per heavy atom. The second-order valence-electron chi connectivity index (χ2n) is 6.83. The van der Waals surface area contributed by atoms with Gasteiger partial charge in [0.15, 0.2) is 13.2 Å². The topological polar surface area (TPSA) is 106 Å². The van der Waals surface area contributed by atoms with Crippen LogP contribution < -0.4 is 20.1 Å². The average molecular weight is 469 g/mol. The van der Waals surface area contributed by atoms with Crippen LogP contribution in [0.1, 0.15) is 12.0 Å². The molecule has 32 heavy (non-hydrogen) atoms. The number of amides is 2. The molecule has 2 aromatic rings. The van der Waals surface area contributed by atoms with Gasteiger partial charge in [0.25, 0.3) is 11.8 Å². The van der Waals surface area contributed by atoms with Crippen LogP contribution in [0.3, 0.4) is 0 Å². The fourth-order valence-corrected chi connectivity index (χ4v) is 2.69. The number of hydrogen-bond donors (Lipinski definition) is 3. The minimum atomic E-state index is -0.862. The van der Waals surface area contributed by atoms with Crippen LogP contribution in [0.15, 0.2) is 42.5 Å². The SMILES string of the molecule is COCc1cccc(OCC(=O)NCC[C@H](O)CNC(=O)COc2ccc(Cl)c(F)c2)c1. The van der Waals surface area contributed by atoms with Gasteiger partial charge in [-0.05, 0) is 36.2 Å². The molecule has 174 valence electrons. The lowest BCUT2D eigenvalue weighted by atomic mass is 10.2. The van der Waals surface area contributed by atoms with E-state index in [1.54, 1.807) is 19.2 Å². The molecule has 0 aromatic heterocycles. The highest BCUT2D eigenvalue weighted by Crippen LogP contribution is 2.20. The van der Waals surface area contributed by atoms with E-state index in [0.717, 1.165) is 11.6 Å². The highest BCUT2D eigenvalue weighted by atomic mass is 35.5. The molecule has 0 heterocycles. The Morgan fingerprint density at radius 3 is 2.44 bits per heavy atom. The van der Waals surface area contributed by atoms with Crippen molar-refractivity contribution in [1.82, 2.24) is 10.6 Å². The van der Waals surface area contributed by atoms with E-state index < -0.39 is 17.8 Å². The first-order chi connectivity index (χ1) is 15.4. The summed E-state index contributed by atoms with van der Waals surface area (Å²) in [6.07, 6.45) is -0.627. The van der Waals surface area contributed by atoms with Gasteiger partial charge in [-0.2, -0.15) is 0 Å². The zero-order chi connectivity index (χ0) is 23.3. The Labute approximate surface area is 190 Å². The number of rotatable bonds is 13. The highest BCUT2D eigenvalue weighted by molar-refractivity contribution is 6.30. The second-order valence-corrected chi connectivity index (χ2v) is 7.24. The van der Waals surface area contributed by atoms with E-state index in [0.29, 0.717) is 12.4 Å². The zero-order valence-corrected chi connectivity index (χ0v) is 18.4. The number of carbonyl (C=O) groups is 2. The third kappa shape index (κ3) is 9.51. The van der Waals surface area contributed by atoms with Gasteiger partial charge >= 0.3 is 0 Å². The molecule has 0 aliphatic carbocycles. The molecule has 2 rings (SSSR count). The Balaban J connectivity index is 1.57. The van der Waals surface area contributed by atoms with Crippen LogP contribution in [0, 0.1) is 5.82 Å². The fourth-order valence-electron chi connectivity index (χ4n) is 2.57. The molecular weight excluding hydrogens is 443 g/mol. The number of ether oxygens (including phenoxy) is 3. The summed E-state index contributed by atoms with van der Waals surface area (Å²) in [7, 11) is 1.60. The molecule has 10 heteroatoms. The summed E-state index contributed by atoms with van der Waals surface area (Å²) < 4.78 is 29.0. The summed E-state index contributed by atoms with van der Waals surface area (Å²) in [5.74, 6) is -0.736. The summed E-state index contributed by atoms with van der Waals surface area (Å²) in [6, 6.07) is 11.1. The molecular formula is C22H26ClFN2O6. The van der Waals surface area contributed by atoms with Crippen molar-refractivity contribution in [2.24, 2.45) is 0 Å². The normalized spacial score (nSPS) is 11.5. The number of aliphatic hydroxyl groups is 1. The maximum Gasteiger partial charge on any atom is 0.258 e. The van der Waals surface area contributed by atoms with Crippen molar-refractivity contribution >= 4 is 23.4 Å². The van der Waals surface area contributed by atoms with Crippen LogP contribution >= 0.6 is 11.6 Å². The van der Waals surface area contributed by atoms with Crippen LogP contribution in [-0.4, -0.2) is 56.4 Å². The molecule has 2 amide bonds. The van der Waals surface area contributed by atoms with Crippen LogP contribution in [0.2, 0.25) is 5.02 Å². The first-order valence-electron chi connectivity index (χ1n) is 9.87. The molecule has 0 unspecified atom stereocenters. The molecule has 0 fully saturated rings. The van der Waals surface area contributed by atoms with Gasteiger partial charge in [0.05, 0.1) is 17.7 Å². The van der Waals surface area contributed by atoms with Gasteiger partial charge in [-0.3, -0.25) is 9.59 Å². The molecule has 0 saturated carbocycles. The quantitative estimate of drug-likeness (QED) is 0.415. The van der Waals surface area contributed by atoms with Crippen LogP contribution in [-0.2, 0) is 20.9 Å². The van der Waals surface area contributed by atoms with Crippen molar-refractivity contribution in [2.45, 2.75) is 19.1 Å². The van der Waals surface area contributed by atoms with Crippen molar-refractivity contribution < 1.29 is 33.3 Å². The molecule has 0 radical (unpaired) electrons. The maximum atomic E-state index is 13.3. The summed E-state index contributed by atoms with van der Waals surface area (Å²) in [6.45, 7) is 0.141. The molecule has 0 saturated heterocycles. The zero-order valence-electron chi connectivity index (χ0n) is 17.6. The van der Waals surface area contributed by atoms with Gasteiger partial charge in [0.1, 0.15) is 17.3 Å². The third-order valence-corrected chi connectivity index (χ3v) is 4.48. The van der Waals surface area contributed by atoms with E-state index in [2.05, 4.69) is 10.6 Å². The number of aliphatic hydroxyl groups excluding tert-OH is 1. The van der Waals surface area contributed by atoms with Gasteiger partial charge in [0.2, 0.25) is 0 Å². The van der Waals surface area contributed by atoms with E-state index in [-0.39, 0.29) is 49.4 Å².